The minimum Gasteiger partial charge on any atom is -0.466 e. The van der Waals surface area contributed by atoms with Gasteiger partial charge in [-0.05, 0) is 57.8 Å². The summed E-state index contributed by atoms with van der Waals surface area (Å²) in [5.41, 5.74) is 0. The van der Waals surface area contributed by atoms with Crippen molar-refractivity contribution in [1.82, 2.24) is 5.32 Å². The van der Waals surface area contributed by atoms with Crippen molar-refractivity contribution < 1.29 is 24.5 Å². The standard InChI is InChI=1S/C63H121NO5/c1-3-5-7-9-11-13-15-16-17-29-32-36-39-43-47-51-55-61(66)60(59-65)64-62(67)56-52-48-44-40-37-33-30-27-25-23-21-19-18-20-22-24-26-28-31-34-38-42-46-50-54-58-69-63(68)57-53-49-45-41-35-14-12-10-8-6-4-2/h19-22,60-61,65-66H,3-18,23-59H2,1-2H3,(H,64,67)/b21-19-,22-20-. The number of unbranched alkanes of at least 4 members (excludes halogenated alkanes) is 43. The van der Waals surface area contributed by atoms with Gasteiger partial charge in [-0.2, -0.15) is 0 Å². The molecule has 2 unspecified atom stereocenters. The number of amides is 1. The van der Waals surface area contributed by atoms with Crippen LogP contribution in [0, 0.1) is 0 Å². The van der Waals surface area contributed by atoms with Crippen molar-refractivity contribution in [1.29, 1.82) is 0 Å². The lowest BCUT2D eigenvalue weighted by Gasteiger charge is -2.22. The molecule has 408 valence electrons. The van der Waals surface area contributed by atoms with Crippen LogP contribution in [0.2, 0.25) is 0 Å². The molecule has 0 saturated heterocycles. The van der Waals surface area contributed by atoms with Gasteiger partial charge in [0.1, 0.15) is 0 Å². The Balaban J connectivity index is 3.43. The van der Waals surface area contributed by atoms with Crippen LogP contribution in [0.4, 0.5) is 0 Å². The average molecular weight is 973 g/mol. The third-order valence-corrected chi connectivity index (χ3v) is 14.5. The summed E-state index contributed by atoms with van der Waals surface area (Å²) in [5.74, 6) is -0.0299. The van der Waals surface area contributed by atoms with Crippen molar-refractivity contribution in [3.63, 3.8) is 0 Å². The molecule has 0 aliphatic heterocycles. The molecule has 0 saturated carbocycles. The van der Waals surface area contributed by atoms with Crippen molar-refractivity contribution in [2.24, 2.45) is 0 Å². The summed E-state index contributed by atoms with van der Waals surface area (Å²) in [4.78, 5) is 24.5. The molecule has 0 spiro atoms. The molecule has 1 amide bonds. The third kappa shape index (κ3) is 55.5. The molecule has 0 rings (SSSR count). The van der Waals surface area contributed by atoms with Gasteiger partial charge in [-0.25, -0.2) is 0 Å². The van der Waals surface area contributed by atoms with Crippen LogP contribution in [-0.2, 0) is 14.3 Å². The van der Waals surface area contributed by atoms with Crippen LogP contribution in [0.15, 0.2) is 24.3 Å². The number of aliphatic hydroxyl groups is 2. The fourth-order valence-electron chi connectivity index (χ4n) is 9.73. The first-order valence-corrected chi connectivity index (χ1v) is 31.1. The van der Waals surface area contributed by atoms with Gasteiger partial charge in [-0.3, -0.25) is 9.59 Å². The summed E-state index contributed by atoms with van der Waals surface area (Å²) in [6, 6.07) is -0.546. The molecule has 0 radical (unpaired) electrons. The molecule has 0 aliphatic rings. The summed E-state index contributed by atoms with van der Waals surface area (Å²) >= 11 is 0. The molecule has 0 aromatic carbocycles. The molecular formula is C63H121NO5. The van der Waals surface area contributed by atoms with Gasteiger partial charge in [0, 0.05) is 12.8 Å². The number of hydrogen-bond acceptors (Lipinski definition) is 5. The molecule has 0 fully saturated rings. The highest BCUT2D eigenvalue weighted by Crippen LogP contribution is 2.18. The highest BCUT2D eigenvalue weighted by Gasteiger charge is 2.20. The Morgan fingerprint density at radius 2 is 0.725 bits per heavy atom. The van der Waals surface area contributed by atoms with E-state index in [0.717, 1.165) is 44.9 Å². The minimum absolute atomic E-state index is 0.00899. The topological polar surface area (TPSA) is 95.9 Å². The molecule has 6 heteroatoms. The Morgan fingerprint density at radius 1 is 0.406 bits per heavy atom. The maximum Gasteiger partial charge on any atom is 0.305 e. The zero-order chi connectivity index (χ0) is 50.0. The summed E-state index contributed by atoms with van der Waals surface area (Å²) in [6.45, 7) is 4.96. The van der Waals surface area contributed by atoms with Crippen molar-refractivity contribution in [2.45, 2.75) is 353 Å². The number of carbonyl (C=O) groups excluding carboxylic acids is 2. The molecule has 0 aliphatic carbocycles. The first-order chi connectivity index (χ1) is 34.0. The third-order valence-electron chi connectivity index (χ3n) is 14.5. The van der Waals surface area contributed by atoms with Crippen LogP contribution in [0.3, 0.4) is 0 Å². The first kappa shape index (κ1) is 67.3. The number of rotatable bonds is 58. The van der Waals surface area contributed by atoms with Crippen LogP contribution in [0.25, 0.3) is 0 Å². The first-order valence-electron chi connectivity index (χ1n) is 31.1. The largest absolute Gasteiger partial charge is 0.466 e. The molecule has 69 heavy (non-hydrogen) atoms. The van der Waals surface area contributed by atoms with Crippen molar-refractivity contribution in [3.8, 4) is 0 Å². The van der Waals surface area contributed by atoms with Crippen LogP contribution < -0.4 is 5.32 Å². The van der Waals surface area contributed by atoms with E-state index in [0.29, 0.717) is 25.9 Å². The molecule has 3 N–H and O–H groups in total. The highest BCUT2D eigenvalue weighted by molar-refractivity contribution is 5.76. The lowest BCUT2D eigenvalue weighted by molar-refractivity contribution is -0.143. The highest BCUT2D eigenvalue weighted by atomic mass is 16.5. The van der Waals surface area contributed by atoms with E-state index in [-0.39, 0.29) is 18.5 Å². The van der Waals surface area contributed by atoms with E-state index in [2.05, 4.69) is 43.5 Å². The predicted molar refractivity (Wildman–Crippen MR) is 301 cm³/mol. The van der Waals surface area contributed by atoms with Crippen LogP contribution in [-0.4, -0.2) is 47.4 Å². The number of esters is 1. The second kappa shape index (κ2) is 58.9. The lowest BCUT2D eigenvalue weighted by atomic mass is 10.0. The van der Waals surface area contributed by atoms with E-state index in [1.807, 2.05) is 0 Å². The predicted octanol–water partition coefficient (Wildman–Crippen LogP) is 19.4. The van der Waals surface area contributed by atoms with E-state index in [1.54, 1.807) is 0 Å². The Kier molecular flexibility index (Phi) is 57.5. The Hall–Kier alpha value is -1.66. The number of hydrogen-bond donors (Lipinski definition) is 3. The Bertz CT molecular complexity index is 1080. The van der Waals surface area contributed by atoms with Gasteiger partial charge >= 0.3 is 5.97 Å². The van der Waals surface area contributed by atoms with Gasteiger partial charge in [-0.15, -0.1) is 0 Å². The number of aliphatic hydroxyl groups excluding tert-OH is 2. The van der Waals surface area contributed by atoms with Crippen molar-refractivity contribution >= 4 is 11.9 Å². The van der Waals surface area contributed by atoms with E-state index < -0.39 is 12.1 Å². The maximum atomic E-state index is 12.5. The second-order valence-corrected chi connectivity index (χ2v) is 21.4. The van der Waals surface area contributed by atoms with Gasteiger partial charge in [0.2, 0.25) is 5.91 Å². The van der Waals surface area contributed by atoms with E-state index in [1.165, 1.54) is 263 Å². The fraction of sp³-hybridized carbons (Fsp3) is 0.905. The monoisotopic (exact) mass is 972 g/mol. The van der Waals surface area contributed by atoms with Gasteiger partial charge in [-0.1, -0.05) is 295 Å². The lowest BCUT2D eigenvalue weighted by Crippen LogP contribution is -2.45. The number of allylic oxidation sites excluding steroid dienone is 4. The Morgan fingerprint density at radius 3 is 1.10 bits per heavy atom. The normalized spacial score (nSPS) is 12.7. The summed E-state index contributed by atoms with van der Waals surface area (Å²) in [5, 5.41) is 23.3. The summed E-state index contributed by atoms with van der Waals surface area (Å²) in [7, 11) is 0. The second-order valence-electron chi connectivity index (χ2n) is 21.4. The fourth-order valence-corrected chi connectivity index (χ4v) is 9.73. The summed E-state index contributed by atoms with van der Waals surface area (Å²) in [6.07, 6.45) is 71.9. The van der Waals surface area contributed by atoms with Crippen LogP contribution in [0.1, 0.15) is 341 Å². The number of carbonyl (C=O) groups is 2. The van der Waals surface area contributed by atoms with E-state index >= 15 is 0 Å². The SMILES string of the molecule is CCCCCCCCCCCCCCCCCCC(O)C(CO)NC(=O)CCCCCCCCCCC/C=C\C/C=C\CCCCCCCCCCCOC(=O)CCCCCCCCCCCCC. The molecular weight excluding hydrogens is 851 g/mol. The molecule has 0 heterocycles. The van der Waals surface area contributed by atoms with Gasteiger partial charge in [0.25, 0.3) is 0 Å². The smallest absolute Gasteiger partial charge is 0.305 e. The van der Waals surface area contributed by atoms with Crippen molar-refractivity contribution in [2.75, 3.05) is 13.2 Å². The molecule has 6 nitrogen and oxygen atoms in total. The van der Waals surface area contributed by atoms with Gasteiger partial charge in [0.15, 0.2) is 0 Å². The number of ether oxygens (including phenoxy) is 1. The van der Waals surface area contributed by atoms with Gasteiger partial charge < -0.3 is 20.3 Å². The van der Waals surface area contributed by atoms with E-state index in [4.69, 9.17) is 4.74 Å². The average Bonchev–Trinajstić information content (AvgIpc) is 3.35. The molecule has 2 atom stereocenters. The Labute approximate surface area is 431 Å². The summed E-state index contributed by atoms with van der Waals surface area (Å²) < 4.78 is 5.46. The van der Waals surface area contributed by atoms with Crippen LogP contribution >= 0.6 is 0 Å². The minimum atomic E-state index is -0.668. The zero-order valence-corrected chi connectivity index (χ0v) is 46.6. The zero-order valence-electron chi connectivity index (χ0n) is 46.6. The quantitative estimate of drug-likeness (QED) is 0.0321. The van der Waals surface area contributed by atoms with E-state index in [9.17, 15) is 19.8 Å². The molecule has 0 aromatic rings. The van der Waals surface area contributed by atoms with Crippen molar-refractivity contribution in [3.05, 3.63) is 24.3 Å². The molecule has 0 aromatic heterocycles. The molecule has 0 bridgehead atoms. The van der Waals surface area contributed by atoms with Gasteiger partial charge in [0.05, 0.1) is 25.4 Å². The van der Waals surface area contributed by atoms with Crippen LogP contribution in [0.5, 0.6) is 0 Å². The maximum absolute atomic E-state index is 12.5. The number of nitrogens with one attached hydrogen (secondary N) is 1.